The molecule has 0 radical (unpaired) electrons. The van der Waals surface area contributed by atoms with Crippen LogP contribution in [0.15, 0.2) is 30.3 Å². The predicted molar refractivity (Wildman–Crippen MR) is 138 cm³/mol. The molecule has 1 aromatic rings. The molecule has 4 rings (SSSR count). The molecule has 34 heavy (non-hydrogen) atoms. The number of halogens is 1. The quantitative estimate of drug-likeness (QED) is 0.340. The molecule has 3 N–H and O–H groups in total. The first-order chi connectivity index (χ1) is 16.1. The van der Waals surface area contributed by atoms with Crippen LogP contribution in [-0.2, 0) is 14.4 Å². The Bertz CT molecular complexity index is 940. The van der Waals surface area contributed by atoms with E-state index in [4.69, 9.17) is 5.11 Å². The molecule has 1 spiro atoms. The van der Waals surface area contributed by atoms with E-state index in [1.807, 2.05) is 51.1 Å². The van der Waals surface area contributed by atoms with Gasteiger partial charge in [-0.15, -0.1) is 11.8 Å². The van der Waals surface area contributed by atoms with Crippen molar-refractivity contribution in [3.63, 3.8) is 0 Å². The van der Waals surface area contributed by atoms with Crippen LogP contribution in [0.2, 0.25) is 0 Å². The van der Waals surface area contributed by atoms with Gasteiger partial charge >= 0.3 is 0 Å². The Morgan fingerprint density at radius 3 is 2.53 bits per heavy atom. The lowest BCUT2D eigenvalue weighted by Crippen LogP contribution is -2.57. The number of aliphatic hydroxyl groups is 1. The van der Waals surface area contributed by atoms with Gasteiger partial charge < -0.3 is 20.6 Å². The molecule has 0 saturated carbocycles. The summed E-state index contributed by atoms with van der Waals surface area (Å²) in [5, 5.41) is 15.2. The van der Waals surface area contributed by atoms with Crippen molar-refractivity contribution in [1.82, 2.24) is 10.2 Å². The highest BCUT2D eigenvalue weighted by Gasteiger charge is 2.75. The van der Waals surface area contributed by atoms with Crippen molar-refractivity contribution in [1.29, 1.82) is 0 Å². The second-order valence-electron chi connectivity index (χ2n) is 10.6. The third-order valence-corrected chi connectivity index (χ3v) is 10.2. The molecule has 7 nitrogen and oxygen atoms in total. The fourth-order valence-corrected chi connectivity index (χ4v) is 9.34. The van der Waals surface area contributed by atoms with E-state index in [-0.39, 0.29) is 34.4 Å². The Hall–Kier alpha value is -1.58. The van der Waals surface area contributed by atoms with E-state index in [1.165, 1.54) is 0 Å². The molecule has 6 atom stereocenters. The lowest BCUT2D eigenvalue weighted by atomic mass is 9.70. The third-order valence-electron chi connectivity index (χ3n) is 6.94. The number of carbonyl (C=O) groups is 3. The van der Waals surface area contributed by atoms with Gasteiger partial charge in [0.15, 0.2) is 0 Å². The summed E-state index contributed by atoms with van der Waals surface area (Å²) in [5.41, 5.74) is 0.269. The molecule has 3 aliphatic rings. The first-order valence-corrected chi connectivity index (χ1v) is 13.8. The highest BCUT2D eigenvalue weighted by atomic mass is 79.9. The molecule has 2 bridgehead atoms. The van der Waals surface area contributed by atoms with Crippen LogP contribution in [-0.4, -0.2) is 67.3 Å². The molecule has 3 aliphatic heterocycles. The van der Waals surface area contributed by atoms with Gasteiger partial charge in [-0.25, -0.2) is 0 Å². The highest BCUT2D eigenvalue weighted by Crippen LogP contribution is 2.67. The van der Waals surface area contributed by atoms with Crippen molar-refractivity contribution in [2.24, 2.45) is 11.8 Å². The molecule has 3 amide bonds. The van der Waals surface area contributed by atoms with Crippen molar-refractivity contribution >= 4 is 51.1 Å². The Balaban J connectivity index is 1.66. The van der Waals surface area contributed by atoms with Crippen molar-refractivity contribution in [2.75, 3.05) is 18.5 Å². The van der Waals surface area contributed by atoms with E-state index in [0.29, 0.717) is 31.5 Å². The molecule has 9 heteroatoms. The van der Waals surface area contributed by atoms with Gasteiger partial charge in [0.1, 0.15) is 6.04 Å². The topological polar surface area (TPSA) is 98.7 Å². The number of hydrogen-bond donors (Lipinski definition) is 3. The van der Waals surface area contributed by atoms with Gasteiger partial charge in [-0.2, -0.15) is 0 Å². The Morgan fingerprint density at radius 2 is 1.88 bits per heavy atom. The minimum atomic E-state index is -0.638. The summed E-state index contributed by atoms with van der Waals surface area (Å²) >= 11 is 5.43. The highest BCUT2D eigenvalue weighted by molar-refractivity contribution is 9.09. The molecule has 0 aromatic heterocycles. The number of nitrogens with one attached hydrogen (secondary N) is 2. The first-order valence-electron chi connectivity index (χ1n) is 12.0. The van der Waals surface area contributed by atoms with Crippen LogP contribution in [0.25, 0.3) is 0 Å². The van der Waals surface area contributed by atoms with Gasteiger partial charge in [-0.05, 0) is 58.6 Å². The number of hydrogen-bond acceptors (Lipinski definition) is 5. The first kappa shape index (κ1) is 25.5. The van der Waals surface area contributed by atoms with Crippen molar-refractivity contribution in [3.05, 3.63) is 30.3 Å². The van der Waals surface area contributed by atoms with E-state index < -0.39 is 28.2 Å². The average molecular weight is 553 g/mol. The Morgan fingerprint density at radius 1 is 1.18 bits per heavy atom. The van der Waals surface area contributed by atoms with Crippen molar-refractivity contribution in [3.8, 4) is 0 Å². The van der Waals surface area contributed by atoms with E-state index in [2.05, 4.69) is 26.6 Å². The van der Waals surface area contributed by atoms with Crippen LogP contribution in [0.3, 0.4) is 0 Å². The lowest BCUT2D eigenvalue weighted by Gasteiger charge is -2.36. The van der Waals surface area contributed by atoms with Crippen LogP contribution in [0.5, 0.6) is 0 Å². The molecule has 0 aliphatic carbocycles. The summed E-state index contributed by atoms with van der Waals surface area (Å²) in [4.78, 5) is 42.8. The molecule has 3 unspecified atom stereocenters. The number of para-hydroxylation sites is 1. The zero-order chi connectivity index (χ0) is 24.7. The van der Waals surface area contributed by atoms with Gasteiger partial charge in [-0.3, -0.25) is 14.4 Å². The number of rotatable bonds is 8. The minimum Gasteiger partial charge on any atom is -0.396 e. The van der Waals surface area contributed by atoms with E-state index >= 15 is 0 Å². The number of likely N-dealkylation sites (tertiary alicyclic amines) is 1. The maximum atomic E-state index is 13.9. The summed E-state index contributed by atoms with van der Waals surface area (Å²) in [6.45, 7) is 6.37. The average Bonchev–Trinajstić information content (AvgIpc) is 3.34. The zero-order valence-electron chi connectivity index (χ0n) is 19.9. The van der Waals surface area contributed by atoms with Gasteiger partial charge in [0, 0.05) is 34.5 Å². The van der Waals surface area contributed by atoms with Gasteiger partial charge in [0.05, 0.1) is 16.6 Å². The summed E-state index contributed by atoms with van der Waals surface area (Å²) in [6, 6.07) is 8.67. The standard InChI is InChI=1S/C25H34BrN3O4S/c1-24(2,3)28-22(32)20-25-14-16(26)19(34-25)17(21(31)27-15-10-6-4-7-11-15)18(25)23(33)29(20)12-8-5-9-13-30/h4,6-7,10-11,16-20,30H,5,8-9,12-14H2,1-3H3,(H,27,31)(H,28,32)/t16?,17-,18-,19-,20?,25?/m0/s1. The fourth-order valence-electron chi connectivity index (χ4n) is 5.73. The van der Waals surface area contributed by atoms with Crippen LogP contribution in [0.1, 0.15) is 46.5 Å². The zero-order valence-corrected chi connectivity index (χ0v) is 22.3. The molecule has 1 aromatic carbocycles. The summed E-state index contributed by atoms with van der Waals surface area (Å²) in [7, 11) is 0. The number of aliphatic hydroxyl groups excluding tert-OH is 1. The maximum Gasteiger partial charge on any atom is 0.244 e. The van der Waals surface area contributed by atoms with Crippen LogP contribution in [0, 0.1) is 11.8 Å². The van der Waals surface area contributed by atoms with Gasteiger partial charge in [0.25, 0.3) is 0 Å². The van der Waals surface area contributed by atoms with Crippen LogP contribution in [0.4, 0.5) is 5.69 Å². The number of thioether (sulfide) groups is 1. The number of anilines is 1. The van der Waals surface area contributed by atoms with Crippen LogP contribution < -0.4 is 10.6 Å². The van der Waals surface area contributed by atoms with E-state index in [0.717, 1.165) is 6.42 Å². The second kappa shape index (κ2) is 9.82. The fraction of sp³-hybridized carbons (Fsp3) is 0.640. The number of fused-ring (bicyclic) bond motifs is 1. The number of amides is 3. The summed E-state index contributed by atoms with van der Waals surface area (Å²) in [6.07, 6.45) is 2.82. The normalized spacial score (nSPS) is 32.1. The minimum absolute atomic E-state index is 0.0485. The molecule has 186 valence electrons. The third kappa shape index (κ3) is 4.63. The Kier molecular flexibility index (Phi) is 7.37. The predicted octanol–water partition coefficient (Wildman–Crippen LogP) is 3.17. The SMILES string of the molecule is CC(C)(C)NC(=O)C1N(CCCCCO)C(=O)[C@@H]2[C@H](C(=O)Nc3ccccc3)[C@H]3SC12CC3Br. The van der Waals surface area contributed by atoms with Crippen molar-refractivity contribution < 1.29 is 19.5 Å². The van der Waals surface area contributed by atoms with Gasteiger partial charge in [0.2, 0.25) is 17.7 Å². The molecule has 3 saturated heterocycles. The van der Waals surface area contributed by atoms with Crippen molar-refractivity contribution in [2.45, 2.75) is 72.9 Å². The number of carbonyl (C=O) groups excluding carboxylic acids is 3. The molecular formula is C25H34BrN3O4S. The lowest BCUT2D eigenvalue weighted by molar-refractivity contribution is -0.139. The maximum absolute atomic E-state index is 13.9. The molecule has 3 heterocycles. The number of alkyl halides is 1. The van der Waals surface area contributed by atoms with Gasteiger partial charge in [-0.1, -0.05) is 34.1 Å². The molecular weight excluding hydrogens is 518 g/mol. The number of benzene rings is 1. The Labute approximate surface area is 213 Å². The largest absolute Gasteiger partial charge is 0.396 e. The van der Waals surface area contributed by atoms with E-state index in [1.54, 1.807) is 16.7 Å². The number of unbranched alkanes of at least 4 members (excludes halogenated alkanes) is 2. The van der Waals surface area contributed by atoms with Crippen LogP contribution >= 0.6 is 27.7 Å². The van der Waals surface area contributed by atoms with E-state index in [9.17, 15) is 14.4 Å². The second-order valence-corrected chi connectivity index (χ2v) is 13.3. The summed E-state index contributed by atoms with van der Waals surface area (Å²) in [5.74, 6) is -1.45. The smallest absolute Gasteiger partial charge is 0.244 e. The monoisotopic (exact) mass is 551 g/mol. The number of nitrogens with zero attached hydrogens (tertiary/aromatic N) is 1. The molecule has 3 fully saturated rings. The summed E-state index contributed by atoms with van der Waals surface area (Å²) < 4.78 is -0.638.